The molecule has 6 nitrogen and oxygen atoms in total. The molecule has 0 spiro atoms. The first-order chi connectivity index (χ1) is 13.2. The van der Waals surface area contributed by atoms with Crippen LogP contribution >= 0.6 is 0 Å². The van der Waals surface area contributed by atoms with E-state index >= 15 is 0 Å². The number of ether oxygens (including phenoxy) is 2. The van der Waals surface area contributed by atoms with Crippen LogP contribution in [0.2, 0.25) is 0 Å². The molecule has 0 aliphatic rings. The molecule has 2 rings (SSSR count). The van der Waals surface area contributed by atoms with Gasteiger partial charge in [0, 0.05) is 5.56 Å². The van der Waals surface area contributed by atoms with Crippen molar-refractivity contribution in [2.45, 2.75) is 32.8 Å². The Labute approximate surface area is 164 Å². The fraction of sp³-hybridized carbons (Fsp3) is 0.318. The lowest BCUT2D eigenvalue weighted by Gasteiger charge is -2.19. The highest BCUT2D eigenvalue weighted by Crippen LogP contribution is 2.21. The standard InChI is InChI=1S/C22H25NO5/c1-22(2,3)28-21(26)15-23-14-17(24)13-20(25)16-9-11-19(12-10-16)27-18-7-5-4-6-8-18/h4-12,23H,13-15H2,1-3H3. The van der Waals surface area contributed by atoms with E-state index in [4.69, 9.17) is 9.47 Å². The van der Waals surface area contributed by atoms with Gasteiger partial charge in [0.05, 0.1) is 19.5 Å². The van der Waals surface area contributed by atoms with Crippen LogP contribution < -0.4 is 10.1 Å². The van der Waals surface area contributed by atoms with Gasteiger partial charge in [0.2, 0.25) is 0 Å². The lowest BCUT2D eigenvalue weighted by atomic mass is 10.1. The largest absolute Gasteiger partial charge is 0.459 e. The van der Waals surface area contributed by atoms with Gasteiger partial charge >= 0.3 is 5.97 Å². The lowest BCUT2D eigenvalue weighted by molar-refractivity contribution is -0.153. The number of ketones is 2. The zero-order valence-electron chi connectivity index (χ0n) is 16.4. The van der Waals surface area contributed by atoms with Crippen LogP contribution in [-0.4, -0.2) is 36.2 Å². The summed E-state index contributed by atoms with van der Waals surface area (Å²) in [6.45, 7) is 5.16. The number of hydrogen-bond acceptors (Lipinski definition) is 6. The van der Waals surface area contributed by atoms with Gasteiger partial charge < -0.3 is 14.8 Å². The summed E-state index contributed by atoms with van der Waals surface area (Å²) in [6, 6.07) is 15.9. The molecule has 0 aliphatic heterocycles. The topological polar surface area (TPSA) is 81.7 Å². The van der Waals surface area contributed by atoms with Crippen LogP contribution in [-0.2, 0) is 14.3 Å². The van der Waals surface area contributed by atoms with Gasteiger partial charge in [0.25, 0.3) is 0 Å². The highest BCUT2D eigenvalue weighted by Gasteiger charge is 2.17. The molecule has 148 valence electrons. The molecule has 0 aliphatic carbocycles. The first-order valence-electron chi connectivity index (χ1n) is 9.03. The molecule has 0 saturated heterocycles. The first-order valence-corrected chi connectivity index (χ1v) is 9.03. The van der Waals surface area contributed by atoms with E-state index in [1.807, 2.05) is 30.3 Å². The predicted octanol–water partition coefficient (Wildman–Crippen LogP) is 3.55. The van der Waals surface area contributed by atoms with Crippen LogP contribution in [0.3, 0.4) is 0 Å². The molecule has 0 bridgehead atoms. The Morgan fingerprint density at radius 3 is 2.07 bits per heavy atom. The zero-order chi connectivity index (χ0) is 20.6. The van der Waals surface area contributed by atoms with Crippen LogP contribution in [0.15, 0.2) is 54.6 Å². The molecule has 6 heteroatoms. The molecule has 2 aromatic carbocycles. The molecule has 2 aromatic rings. The van der Waals surface area contributed by atoms with Gasteiger partial charge in [-0.3, -0.25) is 14.4 Å². The number of carbonyl (C=O) groups is 3. The van der Waals surface area contributed by atoms with Crippen LogP contribution in [0.4, 0.5) is 0 Å². The minimum atomic E-state index is -0.574. The Balaban J connectivity index is 1.77. The summed E-state index contributed by atoms with van der Waals surface area (Å²) in [7, 11) is 0. The first kappa shape index (κ1) is 21.3. The number of para-hydroxylation sites is 1. The smallest absolute Gasteiger partial charge is 0.320 e. The van der Waals surface area contributed by atoms with Crippen LogP contribution in [0.1, 0.15) is 37.6 Å². The number of Topliss-reactive ketones (excluding diaryl/α,β-unsaturated/α-hetero) is 2. The zero-order valence-corrected chi connectivity index (χ0v) is 16.4. The van der Waals surface area contributed by atoms with Crippen molar-refractivity contribution in [1.82, 2.24) is 5.32 Å². The van der Waals surface area contributed by atoms with Gasteiger partial charge in [-0.1, -0.05) is 18.2 Å². The summed E-state index contributed by atoms with van der Waals surface area (Å²) in [5.74, 6) is 0.287. The maximum absolute atomic E-state index is 12.2. The molecular formula is C22H25NO5. The van der Waals surface area contributed by atoms with Crippen molar-refractivity contribution in [1.29, 1.82) is 0 Å². The summed E-state index contributed by atoms with van der Waals surface area (Å²) >= 11 is 0. The second-order valence-electron chi connectivity index (χ2n) is 7.27. The minimum absolute atomic E-state index is 0.0693. The molecule has 28 heavy (non-hydrogen) atoms. The van der Waals surface area contributed by atoms with Crippen molar-refractivity contribution < 1.29 is 23.9 Å². The normalized spacial score (nSPS) is 11.0. The third kappa shape index (κ3) is 7.72. The molecule has 0 radical (unpaired) electrons. The van der Waals surface area contributed by atoms with Crippen molar-refractivity contribution in [3.05, 3.63) is 60.2 Å². The van der Waals surface area contributed by atoms with Crippen molar-refractivity contribution >= 4 is 17.5 Å². The molecule has 0 heterocycles. The van der Waals surface area contributed by atoms with E-state index in [0.29, 0.717) is 17.1 Å². The van der Waals surface area contributed by atoms with Crippen molar-refractivity contribution in [2.75, 3.05) is 13.1 Å². The van der Waals surface area contributed by atoms with Crippen molar-refractivity contribution in [3.8, 4) is 11.5 Å². The van der Waals surface area contributed by atoms with Gasteiger partial charge in [-0.25, -0.2) is 0 Å². The molecule has 0 unspecified atom stereocenters. The van der Waals surface area contributed by atoms with Crippen molar-refractivity contribution in [3.63, 3.8) is 0 Å². The maximum Gasteiger partial charge on any atom is 0.320 e. The predicted molar refractivity (Wildman–Crippen MR) is 106 cm³/mol. The van der Waals surface area contributed by atoms with E-state index in [9.17, 15) is 14.4 Å². The molecule has 0 fully saturated rings. The van der Waals surface area contributed by atoms with Gasteiger partial charge in [0.1, 0.15) is 17.1 Å². The fourth-order valence-corrected chi connectivity index (χ4v) is 2.36. The fourth-order valence-electron chi connectivity index (χ4n) is 2.36. The Bertz CT molecular complexity index is 807. The number of hydrogen-bond donors (Lipinski definition) is 1. The third-order valence-electron chi connectivity index (χ3n) is 3.52. The Hall–Kier alpha value is -2.99. The van der Waals surface area contributed by atoms with Crippen molar-refractivity contribution in [2.24, 2.45) is 0 Å². The number of rotatable bonds is 9. The summed E-state index contributed by atoms with van der Waals surface area (Å²) in [4.78, 5) is 35.7. The number of benzene rings is 2. The van der Waals surface area contributed by atoms with Crippen LogP contribution in [0.5, 0.6) is 11.5 Å². The van der Waals surface area contributed by atoms with Gasteiger partial charge in [-0.15, -0.1) is 0 Å². The van der Waals surface area contributed by atoms with E-state index in [-0.39, 0.29) is 31.1 Å². The number of nitrogens with one attached hydrogen (secondary N) is 1. The summed E-state index contributed by atoms with van der Waals surface area (Å²) in [5.41, 5.74) is -0.143. The van der Waals surface area contributed by atoms with E-state index in [1.54, 1.807) is 45.0 Å². The van der Waals surface area contributed by atoms with E-state index in [2.05, 4.69) is 5.32 Å². The molecule has 0 aromatic heterocycles. The molecule has 0 saturated carbocycles. The Morgan fingerprint density at radius 2 is 1.46 bits per heavy atom. The van der Waals surface area contributed by atoms with Crippen LogP contribution in [0, 0.1) is 0 Å². The van der Waals surface area contributed by atoms with E-state index in [0.717, 1.165) is 0 Å². The average Bonchev–Trinajstić information content (AvgIpc) is 2.61. The molecular weight excluding hydrogens is 358 g/mol. The van der Waals surface area contributed by atoms with E-state index < -0.39 is 11.6 Å². The highest BCUT2D eigenvalue weighted by atomic mass is 16.6. The monoisotopic (exact) mass is 383 g/mol. The summed E-state index contributed by atoms with van der Waals surface area (Å²) in [5, 5.41) is 2.70. The molecule has 0 amide bonds. The summed E-state index contributed by atoms with van der Waals surface area (Å²) in [6.07, 6.45) is -0.236. The van der Waals surface area contributed by atoms with Crippen LogP contribution in [0.25, 0.3) is 0 Å². The summed E-state index contributed by atoms with van der Waals surface area (Å²) < 4.78 is 10.8. The second-order valence-corrected chi connectivity index (χ2v) is 7.27. The molecule has 0 atom stereocenters. The Morgan fingerprint density at radius 1 is 0.857 bits per heavy atom. The average molecular weight is 383 g/mol. The van der Waals surface area contributed by atoms with Gasteiger partial charge in [-0.05, 0) is 57.2 Å². The van der Waals surface area contributed by atoms with Gasteiger partial charge in [-0.2, -0.15) is 0 Å². The van der Waals surface area contributed by atoms with Gasteiger partial charge in [0.15, 0.2) is 11.6 Å². The highest BCUT2D eigenvalue weighted by molar-refractivity contribution is 6.08. The number of carbonyl (C=O) groups excluding carboxylic acids is 3. The lowest BCUT2D eigenvalue weighted by Crippen LogP contribution is -2.34. The quantitative estimate of drug-likeness (QED) is 0.405. The molecule has 1 N–H and O–H groups in total. The second kappa shape index (κ2) is 9.80. The minimum Gasteiger partial charge on any atom is -0.459 e. The SMILES string of the molecule is CC(C)(C)OC(=O)CNCC(=O)CC(=O)c1ccc(Oc2ccccc2)cc1. The third-order valence-corrected chi connectivity index (χ3v) is 3.52. The Kier molecular flexibility index (Phi) is 7.46. The number of esters is 1. The maximum atomic E-state index is 12.2. The van der Waals surface area contributed by atoms with E-state index in [1.165, 1.54) is 0 Å².